The van der Waals surface area contributed by atoms with Crippen molar-refractivity contribution in [1.82, 2.24) is 0 Å². The van der Waals surface area contributed by atoms with Crippen LogP contribution in [-0.2, 0) is 9.53 Å². The van der Waals surface area contributed by atoms with Crippen LogP contribution in [0.3, 0.4) is 0 Å². The molecule has 0 saturated carbocycles. The number of carbonyl (C=O) groups excluding carboxylic acids is 1. The highest BCUT2D eigenvalue weighted by Gasteiger charge is 2.48. The van der Waals surface area contributed by atoms with Crippen molar-refractivity contribution in [2.45, 2.75) is 43.2 Å². The predicted octanol–water partition coefficient (Wildman–Crippen LogP) is 0.0839. The molecule has 1 fully saturated rings. The predicted molar refractivity (Wildman–Crippen MR) is 110 cm³/mol. The molecular weight excluding hydrogens is 456 g/mol. The van der Waals surface area contributed by atoms with Gasteiger partial charge in [-0.3, -0.25) is 4.79 Å². The van der Waals surface area contributed by atoms with Gasteiger partial charge in [0.25, 0.3) is 0 Å². The highest BCUT2D eigenvalue weighted by molar-refractivity contribution is 6.03. The van der Waals surface area contributed by atoms with Crippen molar-refractivity contribution in [3.8, 4) is 28.7 Å². The van der Waals surface area contributed by atoms with E-state index in [4.69, 9.17) is 18.9 Å². The number of aliphatic hydroxyl groups excluding tert-OH is 3. The van der Waals surface area contributed by atoms with Crippen molar-refractivity contribution in [2.75, 3.05) is 7.11 Å². The van der Waals surface area contributed by atoms with E-state index in [9.17, 15) is 40.2 Å². The molecule has 6 N–H and O–H groups in total. The number of aromatic hydroxyl groups is 2. The van der Waals surface area contributed by atoms with Crippen molar-refractivity contribution in [3.63, 3.8) is 0 Å². The van der Waals surface area contributed by atoms with Crippen molar-refractivity contribution < 1.29 is 59.2 Å². The summed E-state index contributed by atoms with van der Waals surface area (Å²) in [5.74, 6) is -3.31. The zero-order valence-electron chi connectivity index (χ0n) is 17.7. The summed E-state index contributed by atoms with van der Waals surface area (Å²) in [5.41, 5.74) is 0.422. The van der Waals surface area contributed by atoms with E-state index < -0.39 is 54.3 Å². The third-order valence-electron chi connectivity index (χ3n) is 5.63. The van der Waals surface area contributed by atoms with Crippen LogP contribution in [-0.4, -0.2) is 80.2 Å². The number of aliphatic hydroxyl groups is 3. The Kier molecular flexibility index (Phi) is 6.23. The van der Waals surface area contributed by atoms with Gasteiger partial charge in [-0.15, -0.1) is 0 Å². The van der Waals surface area contributed by atoms with E-state index in [2.05, 4.69) is 0 Å². The highest BCUT2D eigenvalue weighted by Crippen LogP contribution is 2.49. The molecule has 4 rings (SSSR count). The average molecular weight is 478 g/mol. The van der Waals surface area contributed by atoms with Crippen molar-refractivity contribution >= 4 is 11.8 Å². The van der Waals surface area contributed by atoms with Gasteiger partial charge in [0.1, 0.15) is 41.5 Å². The Morgan fingerprint density at radius 1 is 1.06 bits per heavy atom. The summed E-state index contributed by atoms with van der Waals surface area (Å²) in [6.07, 6.45) is -10.2. The lowest BCUT2D eigenvalue weighted by Crippen LogP contribution is -2.61. The molecule has 1 saturated heterocycles. The first-order valence-electron chi connectivity index (χ1n) is 10.1. The molecule has 34 heavy (non-hydrogen) atoms. The average Bonchev–Trinajstić information content (AvgIpc) is 2.79. The number of phenols is 2. The number of benzene rings is 2. The number of rotatable bonds is 5. The fourth-order valence-corrected chi connectivity index (χ4v) is 3.87. The molecule has 6 atom stereocenters. The Balaban J connectivity index is 1.69. The zero-order valence-corrected chi connectivity index (χ0v) is 17.7. The maximum Gasteiger partial charge on any atom is 0.335 e. The van der Waals surface area contributed by atoms with Gasteiger partial charge in [-0.2, -0.15) is 0 Å². The van der Waals surface area contributed by atoms with Crippen LogP contribution in [0.15, 0.2) is 30.3 Å². The second-order valence-corrected chi connectivity index (χ2v) is 7.81. The molecule has 0 aromatic heterocycles. The second kappa shape index (κ2) is 8.99. The molecule has 0 amide bonds. The van der Waals surface area contributed by atoms with Crippen LogP contribution >= 0.6 is 0 Å². The van der Waals surface area contributed by atoms with E-state index in [0.717, 1.165) is 0 Å². The molecule has 0 spiro atoms. The number of fused-ring (bicyclic) bond motifs is 1. The Morgan fingerprint density at radius 2 is 1.74 bits per heavy atom. The maximum absolute atomic E-state index is 12.8. The first-order chi connectivity index (χ1) is 16.1. The Hall–Kier alpha value is -3.58. The quantitative estimate of drug-likeness (QED) is 0.340. The van der Waals surface area contributed by atoms with E-state index >= 15 is 0 Å². The lowest BCUT2D eigenvalue weighted by Gasteiger charge is -2.38. The summed E-state index contributed by atoms with van der Waals surface area (Å²) in [6.45, 7) is 0. The minimum Gasteiger partial charge on any atom is -0.508 e. The van der Waals surface area contributed by atoms with E-state index in [1.807, 2.05) is 0 Å². The van der Waals surface area contributed by atoms with E-state index in [1.165, 1.54) is 25.3 Å². The molecule has 0 radical (unpaired) electrons. The lowest BCUT2D eigenvalue weighted by molar-refractivity contribution is -0.271. The van der Waals surface area contributed by atoms with Gasteiger partial charge in [0.15, 0.2) is 23.4 Å². The Labute approximate surface area is 192 Å². The number of ether oxygens (including phenoxy) is 4. The summed E-state index contributed by atoms with van der Waals surface area (Å²) in [4.78, 5) is 24.1. The fraction of sp³-hybridized carbons (Fsp3) is 0.364. The Bertz CT molecular complexity index is 1100. The Morgan fingerprint density at radius 3 is 2.35 bits per heavy atom. The fourth-order valence-electron chi connectivity index (χ4n) is 3.87. The van der Waals surface area contributed by atoms with Gasteiger partial charge in [0.2, 0.25) is 12.0 Å². The number of Topliss-reactive ketones (excluding diaryl/α,β-unsaturated/α-hetero) is 1. The SMILES string of the molecule is COc1c(O[C@@H]2O[C@H](C(=O)O)[C@@H](O)[C@H](O)[C@H]2O)cc2c(c1O)C(=O)C[C@@H](c1ccc(O)cc1)O2. The van der Waals surface area contributed by atoms with Crippen LogP contribution in [0.25, 0.3) is 0 Å². The third kappa shape index (κ3) is 4.07. The van der Waals surface area contributed by atoms with Gasteiger partial charge in [-0.05, 0) is 17.7 Å². The van der Waals surface area contributed by atoms with Crippen LogP contribution in [0.4, 0.5) is 0 Å². The van der Waals surface area contributed by atoms with E-state index in [-0.39, 0.29) is 35.0 Å². The number of phenolic OH excluding ortho intramolecular Hbond substituents is 2. The van der Waals surface area contributed by atoms with Crippen LogP contribution in [0.1, 0.15) is 28.4 Å². The van der Waals surface area contributed by atoms with Crippen LogP contribution in [0, 0.1) is 0 Å². The van der Waals surface area contributed by atoms with Crippen molar-refractivity contribution in [2.24, 2.45) is 0 Å². The summed E-state index contributed by atoms with van der Waals surface area (Å²) in [5, 5.41) is 59.5. The third-order valence-corrected chi connectivity index (χ3v) is 5.63. The zero-order chi connectivity index (χ0) is 24.7. The van der Waals surface area contributed by atoms with Gasteiger partial charge in [-0.25, -0.2) is 4.79 Å². The molecule has 2 aliphatic rings. The number of aliphatic carboxylic acids is 1. The van der Waals surface area contributed by atoms with Crippen molar-refractivity contribution in [1.29, 1.82) is 0 Å². The number of ketones is 1. The molecule has 182 valence electrons. The molecule has 0 unspecified atom stereocenters. The van der Waals surface area contributed by atoms with Gasteiger partial charge in [0.05, 0.1) is 13.5 Å². The lowest BCUT2D eigenvalue weighted by atomic mass is 9.95. The maximum atomic E-state index is 12.8. The van der Waals surface area contributed by atoms with Gasteiger partial charge in [0, 0.05) is 6.07 Å². The van der Waals surface area contributed by atoms with E-state index in [1.54, 1.807) is 12.1 Å². The monoisotopic (exact) mass is 478 g/mol. The molecule has 2 aromatic carbocycles. The molecule has 2 heterocycles. The van der Waals surface area contributed by atoms with Crippen molar-refractivity contribution in [3.05, 3.63) is 41.5 Å². The summed E-state index contributed by atoms with van der Waals surface area (Å²) in [7, 11) is 1.18. The highest BCUT2D eigenvalue weighted by atomic mass is 16.7. The number of hydrogen-bond donors (Lipinski definition) is 6. The van der Waals surface area contributed by atoms with Gasteiger partial charge >= 0.3 is 5.97 Å². The minimum atomic E-state index is -1.92. The number of methoxy groups -OCH3 is 1. The topological polar surface area (TPSA) is 192 Å². The first-order valence-corrected chi connectivity index (χ1v) is 10.1. The number of carboxylic acid groups (broad SMARTS) is 1. The number of hydrogen-bond acceptors (Lipinski definition) is 11. The molecule has 12 heteroatoms. The smallest absolute Gasteiger partial charge is 0.335 e. The van der Waals surface area contributed by atoms with Crippen LogP contribution in [0.5, 0.6) is 28.7 Å². The summed E-state index contributed by atoms with van der Waals surface area (Å²) >= 11 is 0. The van der Waals surface area contributed by atoms with Gasteiger partial charge in [-0.1, -0.05) is 12.1 Å². The number of carboxylic acids is 1. The molecule has 2 aliphatic heterocycles. The number of carbonyl (C=O) groups is 2. The standard InChI is InChI=1S/C22H22O12/c1-31-19-13(33-22-18(28)16(26)17(27)20(34-22)21(29)30)7-12-14(15(19)25)10(24)6-11(32-12)8-2-4-9(23)5-3-8/h2-5,7,11,16-18,20,22-23,25-28H,6H2,1H3,(H,29,30)/t11-,16-,17-,18+,20-,22+/m0/s1. The molecule has 0 aliphatic carbocycles. The summed E-state index contributed by atoms with van der Waals surface area (Å²) in [6, 6.07) is 7.20. The largest absolute Gasteiger partial charge is 0.508 e. The molecular formula is C22H22O12. The molecule has 0 bridgehead atoms. The normalized spacial score (nSPS) is 28.5. The van der Waals surface area contributed by atoms with Gasteiger partial charge < -0.3 is 49.6 Å². The van der Waals surface area contributed by atoms with Crippen LogP contribution in [0.2, 0.25) is 0 Å². The second-order valence-electron chi connectivity index (χ2n) is 7.81. The van der Waals surface area contributed by atoms with E-state index in [0.29, 0.717) is 5.56 Å². The summed E-state index contributed by atoms with van der Waals surface area (Å²) < 4.78 is 21.6. The molecule has 12 nitrogen and oxygen atoms in total. The first kappa shape index (κ1) is 23.6. The minimum absolute atomic E-state index is 0.0300. The molecule has 2 aromatic rings. The van der Waals surface area contributed by atoms with Crippen LogP contribution < -0.4 is 14.2 Å².